The first-order chi connectivity index (χ1) is 47.1. The maximum absolute atomic E-state index is 5.76. The molecule has 17 aromatic rings. The summed E-state index contributed by atoms with van der Waals surface area (Å²) in [6.07, 6.45) is 0. The third-order valence-electron chi connectivity index (χ3n) is 19.0. The van der Waals surface area contributed by atoms with Crippen molar-refractivity contribution in [1.82, 2.24) is 24.5 Å². The summed E-state index contributed by atoms with van der Waals surface area (Å²) in [7, 11) is 0. The molecule has 0 radical (unpaired) electrons. The first-order valence-electron chi connectivity index (χ1n) is 32.2. The van der Waals surface area contributed by atoms with Gasteiger partial charge in [-0.1, -0.05) is 231 Å². The van der Waals surface area contributed by atoms with Crippen molar-refractivity contribution in [2.75, 3.05) is 9.80 Å². The number of thiophene rings is 1. The molecule has 0 N–H and O–H groups in total. The van der Waals surface area contributed by atoms with Crippen LogP contribution in [0.1, 0.15) is 0 Å². The molecule has 0 unspecified atom stereocenters. The highest BCUT2D eigenvalue weighted by Crippen LogP contribution is 2.48. The summed E-state index contributed by atoms with van der Waals surface area (Å²) >= 11 is 1.86. The molecule has 19 rings (SSSR count). The SMILES string of the molecule is c1ccc(-c2cc(-c3ccc(-n4c5ccccc5c5c6sc7ccccc7c6ccc54)c(-c4nc(-c5ccccc5)cc(-c5cccc(-c6cccc(N7c8ccccc8B8c9ccccc9N(c9ccccc9)c9cccc7c98)c6)c5)n4)c3)nc(-c3ccccc3)n2)cc1. The second-order valence-corrected chi connectivity index (χ2v) is 25.5. The number of fused-ring (bicyclic) bond motifs is 11. The van der Waals surface area contributed by atoms with Gasteiger partial charge in [-0.15, -0.1) is 11.3 Å². The van der Waals surface area contributed by atoms with E-state index in [9.17, 15) is 0 Å². The van der Waals surface area contributed by atoms with Crippen molar-refractivity contribution < 1.29 is 0 Å². The lowest BCUT2D eigenvalue weighted by Gasteiger charge is -2.44. The van der Waals surface area contributed by atoms with Crippen LogP contribution in [0, 0.1) is 0 Å². The Hall–Kier alpha value is -12.3. The standard InChI is InChI=1S/C86H54BN7S/c1-5-24-55(25-6-1)70-53-73(89-85(88-70)57-28-9-3-10-29-57)61-46-48-75(94-74-40-17-13-37-66(74)82-78(94)49-47-65-64-36-14-20-45-81(64)95-84(65)82)67(52-61)86-90-71(56-26-7-2-8-27-56)54-72(91-86)60-32-21-30-58(50-60)59-31-22-35-63(51-59)93-77-42-19-16-39-69(77)87-68-38-15-18-41-76(68)92(62-33-11-4-12-34-62)79-43-23-44-80(93)83(79)87/h1-54H. The Kier molecular flexibility index (Phi) is 12.7. The summed E-state index contributed by atoms with van der Waals surface area (Å²) < 4.78 is 4.96. The molecule has 0 fully saturated rings. The molecule has 0 saturated carbocycles. The van der Waals surface area contributed by atoms with Crippen LogP contribution < -0.4 is 26.2 Å². The zero-order valence-electron chi connectivity index (χ0n) is 51.3. The molecule has 0 aliphatic carbocycles. The van der Waals surface area contributed by atoms with Gasteiger partial charge in [-0.25, -0.2) is 19.9 Å². The first kappa shape index (κ1) is 54.4. The van der Waals surface area contributed by atoms with Crippen LogP contribution in [0.5, 0.6) is 0 Å². The quantitative estimate of drug-likeness (QED) is 0.127. The third kappa shape index (κ3) is 9.03. The van der Waals surface area contributed by atoms with Crippen molar-refractivity contribution in [1.29, 1.82) is 0 Å². The second kappa shape index (κ2) is 22.2. The van der Waals surface area contributed by atoms with Crippen LogP contribution >= 0.6 is 11.3 Å². The molecule has 2 aliphatic heterocycles. The van der Waals surface area contributed by atoms with Crippen LogP contribution in [0.2, 0.25) is 0 Å². The molecule has 0 saturated heterocycles. The van der Waals surface area contributed by atoms with E-state index in [2.05, 4.69) is 318 Å². The van der Waals surface area contributed by atoms with Gasteiger partial charge in [-0.3, -0.25) is 0 Å². The van der Waals surface area contributed by atoms with Crippen molar-refractivity contribution >= 4 is 111 Å². The Morgan fingerprint density at radius 1 is 0.284 bits per heavy atom. The molecule has 95 heavy (non-hydrogen) atoms. The molecule has 9 heteroatoms. The van der Waals surface area contributed by atoms with E-state index in [0.717, 1.165) is 95.4 Å². The highest BCUT2D eigenvalue weighted by molar-refractivity contribution is 7.26. The monoisotopic (exact) mass is 1230 g/mol. The summed E-state index contributed by atoms with van der Waals surface area (Å²) in [5, 5.41) is 4.93. The number of anilines is 6. The van der Waals surface area contributed by atoms with Gasteiger partial charge in [-0.2, -0.15) is 0 Å². The minimum Gasteiger partial charge on any atom is -0.311 e. The van der Waals surface area contributed by atoms with Crippen LogP contribution in [0.15, 0.2) is 328 Å². The van der Waals surface area contributed by atoms with Crippen LogP contribution in [0.4, 0.5) is 34.1 Å². The highest BCUT2D eigenvalue weighted by atomic mass is 32.1. The number of hydrogen-bond donors (Lipinski definition) is 0. The average Bonchev–Trinajstić information content (AvgIpc) is 1.60. The molecule has 0 amide bonds. The Morgan fingerprint density at radius 3 is 1.45 bits per heavy atom. The van der Waals surface area contributed by atoms with E-state index in [-0.39, 0.29) is 6.71 Å². The predicted octanol–water partition coefficient (Wildman–Crippen LogP) is 20.5. The van der Waals surface area contributed by atoms with Crippen LogP contribution in [-0.2, 0) is 0 Å². The number of hydrogen-bond acceptors (Lipinski definition) is 7. The lowest BCUT2D eigenvalue weighted by atomic mass is 9.33. The molecule has 0 spiro atoms. The maximum atomic E-state index is 5.76. The largest absolute Gasteiger partial charge is 0.311 e. The van der Waals surface area contributed by atoms with E-state index in [1.54, 1.807) is 0 Å². The van der Waals surface area contributed by atoms with E-state index in [1.165, 1.54) is 70.1 Å². The average molecular weight is 1230 g/mol. The Balaban J connectivity index is 0.793. The molecule has 7 nitrogen and oxygen atoms in total. The number of rotatable bonds is 10. The summed E-state index contributed by atoms with van der Waals surface area (Å²) in [5.74, 6) is 1.23. The fourth-order valence-electron chi connectivity index (χ4n) is 14.8. The van der Waals surface area contributed by atoms with Crippen molar-refractivity contribution in [3.05, 3.63) is 328 Å². The summed E-state index contributed by atoms with van der Waals surface area (Å²) in [6, 6.07) is 118. The zero-order chi connectivity index (χ0) is 62.5. The molecule has 6 heterocycles. The van der Waals surface area contributed by atoms with Gasteiger partial charge in [0.25, 0.3) is 6.71 Å². The van der Waals surface area contributed by atoms with Gasteiger partial charge in [0.15, 0.2) is 11.6 Å². The van der Waals surface area contributed by atoms with Crippen LogP contribution in [-0.4, -0.2) is 31.2 Å². The number of nitrogens with zero attached hydrogens (tertiary/aromatic N) is 7. The maximum Gasteiger partial charge on any atom is 0.252 e. The van der Waals surface area contributed by atoms with Gasteiger partial charge >= 0.3 is 0 Å². The van der Waals surface area contributed by atoms with E-state index >= 15 is 0 Å². The van der Waals surface area contributed by atoms with Gasteiger partial charge in [0.05, 0.1) is 39.5 Å². The van der Waals surface area contributed by atoms with Crippen LogP contribution in [0.3, 0.4) is 0 Å². The Bertz CT molecular complexity index is 5830. The topological polar surface area (TPSA) is 63.0 Å². The minimum absolute atomic E-state index is 0.0502. The minimum atomic E-state index is 0.0502. The highest BCUT2D eigenvalue weighted by Gasteiger charge is 2.43. The van der Waals surface area contributed by atoms with Gasteiger partial charge in [0.2, 0.25) is 0 Å². The summed E-state index contributed by atoms with van der Waals surface area (Å²) in [5.41, 5.74) is 25.0. The van der Waals surface area contributed by atoms with Crippen LogP contribution in [0.25, 0.3) is 127 Å². The molecule has 2 aliphatic rings. The van der Waals surface area contributed by atoms with E-state index in [0.29, 0.717) is 11.6 Å². The fourth-order valence-corrected chi connectivity index (χ4v) is 16.0. The van der Waals surface area contributed by atoms with E-state index in [1.807, 2.05) is 35.6 Å². The van der Waals surface area contributed by atoms with Crippen molar-refractivity contribution in [3.8, 4) is 84.6 Å². The van der Waals surface area contributed by atoms with Crippen molar-refractivity contribution in [3.63, 3.8) is 0 Å². The molecule has 13 aromatic carbocycles. The molecular weight excluding hydrogens is 1170 g/mol. The Morgan fingerprint density at radius 2 is 0.768 bits per heavy atom. The normalized spacial score (nSPS) is 12.4. The lowest BCUT2D eigenvalue weighted by molar-refractivity contribution is 1.13. The van der Waals surface area contributed by atoms with Gasteiger partial charge < -0.3 is 14.4 Å². The number of aromatic nitrogens is 5. The number of benzene rings is 13. The van der Waals surface area contributed by atoms with E-state index in [4.69, 9.17) is 19.9 Å². The smallest absolute Gasteiger partial charge is 0.252 e. The zero-order valence-corrected chi connectivity index (χ0v) is 52.1. The summed E-state index contributed by atoms with van der Waals surface area (Å²) in [4.78, 5) is 26.9. The molecule has 0 bridgehead atoms. The van der Waals surface area contributed by atoms with Gasteiger partial charge in [-0.05, 0) is 125 Å². The fraction of sp³-hybridized carbons (Fsp3) is 0. The first-order valence-corrected chi connectivity index (χ1v) is 33.0. The number of para-hydroxylation sites is 4. The van der Waals surface area contributed by atoms with E-state index < -0.39 is 0 Å². The lowest BCUT2D eigenvalue weighted by Crippen LogP contribution is -2.61. The van der Waals surface area contributed by atoms with Crippen molar-refractivity contribution in [2.45, 2.75) is 0 Å². The molecule has 4 aromatic heterocycles. The molecular formula is C86H54BN7S. The van der Waals surface area contributed by atoms with Gasteiger partial charge in [0.1, 0.15) is 0 Å². The molecule has 442 valence electrons. The second-order valence-electron chi connectivity index (χ2n) is 24.4. The third-order valence-corrected chi connectivity index (χ3v) is 20.2. The van der Waals surface area contributed by atoms with Crippen molar-refractivity contribution in [2.24, 2.45) is 0 Å². The summed E-state index contributed by atoms with van der Waals surface area (Å²) in [6.45, 7) is 0.0502. The predicted molar refractivity (Wildman–Crippen MR) is 397 cm³/mol. The molecule has 0 atom stereocenters. The van der Waals surface area contributed by atoms with Gasteiger partial charge in [0, 0.05) is 98.4 Å². The Labute approximate surface area is 553 Å².